The predicted octanol–water partition coefficient (Wildman–Crippen LogP) is 1.61. The Hall–Kier alpha value is -2.35. The summed E-state index contributed by atoms with van der Waals surface area (Å²) in [5.41, 5.74) is 1.76. The number of hydrogen-bond donors (Lipinski definition) is 1. The lowest BCUT2D eigenvalue weighted by molar-refractivity contribution is -0.138. The van der Waals surface area contributed by atoms with Crippen LogP contribution in [0.3, 0.4) is 0 Å². The number of hydrogen-bond acceptors (Lipinski definition) is 5. The summed E-state index contributed by atoms with van der Waals surface area (Å²) in [5.74, 6) is 0.281. The number of para-hydroxylation sites is 1. The third kappa shape index (κ3) is 3.28. The van der Waals surface area contributed by atoms with Crippen LogP contribution in [0, 0.1) is 6.92 Å². The van der Waals surface area contributed by atoms with Crippen molar-refractivity contribution in [2.24, 2.45) is 0 Å². The zero-order valence-electron chi connectivity index (χ0n) is 13.3. The molecule has 1 N–H and O–H groups in total. The van der Waals surface area contributed by atoms with Gasteiger partial charge in [-0.1, -0.05) is 23.4 Å². The van der Waals surface area contributed by atoms with E-state index in [0.717, 1.165) is 11.4 Å². The van der Waals surface area contributed by atoms with Gasteiger partial charge in [-0.15, -0.1) is 5.10 Å². The van der Waals surface area contributed by atoms with E-state index < -0.39 is 5.97 Å². The van der Waals surface area contributed by atoms with Crippen LogP contribution in [0.4, 0.5) is 0 Å². The number of carbonyl (C=O) groups is 2. The topological polar surface area (TPSA) is 88.3 Å². The summed E-state index contributed by atoms with van der Waals surface area (Å²) in [6.45, 7) is 2.32. The van der Waals surface area contributed by atoms with Crippen molar-refractivity contribution in [1.82, 2.24) is 19.9 Å². The molecule has 2 heterocycles. The molecule has 1 saturated heterocycles. The highest BCUT2D eigenvalue weighted by molar-refractivity contribution is 7.99. The van der Waals surface area contributed by atoms with E-state index in [0.29, 0.717) is 18.0 Å². The maximum absolute atomic E-state index is 12.9. The van der Waals surface area contributed by atoms with Gasteiger partial charge in [-0.2, -0.15) is 11.8 Å². The van der Waals surface area contributed by atoms with Gasteiger partial charge in [-0.05, 0) is 19.1 Å². The standard InChI is InChI=1S/C16H18N4O3S/c1-11-15(17-18-20(11)12-5-3-2-4-6-12)16(23)19-7-8-24-10-13(19)9-14(21)22/h2-6,13H,7-10H2,1H3,(H,21,22). The Bertz CT molecular complexity index is 747. The van der Waals surface area contributed by atoms with Gasteiger partial charge >= 0.3 is 5.97 Å². The summed E-state index contributed by atoms with van der Waals surface area (Å²) in [4.78, 5) is 25.5. The largest absolute Gasteiger partial charge is 0.481 e. The maximum atomic E-state index is 12.9. The lowest BCUT2D eigenvalue weighted by Crippen LogP contribution is -2.47. The molecule has 0 saturated carbocycles. The highest BCUT2D eigenvalue weighted by Crippen LogP contribution is 2.22. The Labute approximate surface area is 143 Å². The molecule has 1 atom stereocenters. The lowest BCUT2D eigenvalue weighted by atomic mass is 10.1. The lowest BCUT2D eigenvalue weighted by Gasteiger charge is -2.34. The van der Waals surface area contributed by atoms with Gasteiger partial charge in [0.2, 0.25) is 0 Å². The van der Waals surface area contributed by atoms with Crippen LogP contribution in [0.2, 0.25) is 0 Å². The van der Waals surface area contributed by atoms with Crippen LogP contribution in [0.25, 0.3) is 5.69 Å². The molecule has 3 rings (SSSR count). The zero-order valence-corrected chi connectivity index (χ0v) is 14.1. The molecule has 8 heteroatoms. The van der Waals surface area contributed by atoms with E-state index in [9.17, 15) is 9.59 Å². The van der Waals surface area contributed by atoms with E-state index in [2.05, 4.69) is 10.3 Å². The van der Waals surface area contributed by atoms with Crippen LogP contribution in [0.1, 0.15) is 22.6 Å². The Morgan fingerprint density at radius 2 is 2.08 bits per heavy atom. The summed E-state index contributed by atoms with van der Waals surface area (Å²) in [5, 5.41) is 17.2. The summed E-state index contributed by atoms with van der Waals surface area (Å²) in [6.07, 6.45) is -0.0510. The van der Waals surface area contributed by atoms with Crippen LogP contribution < -0.4 is 0 Å². The summed E-state index contributed by atoms with van der Waals surface area (Å²) in [7, 11) is 0. The van der Waals surface area contributed by atoms with Crippen molar-refractivity contribution < 1.29 is 14.7 Å². The second-order valence-corrected chi connectivity index (χ2v) is 6.75. The van der Waals surface area contributed by atoms with Crippen LogP contribution in [0.5, 0.6) is 0 Å². The number of nitrogens with zero attached hydrogens (tertiary/aromatic N) is 4. The maximum Gasteiger partial charge on any atom is 0.305 e. The minimum absolute atomic E-state index is 0.0510. The summed E-state index contributed by atoms with van der Waals surface area (Å²) in [6, 6.07) is 9.16. The smallest absolute Gasteiger partial charge is 0.305 e. The molecule has 0 radical (unpaired) electrons. The fourth-order valence-electron chi connectivity index (χ4n) is 2.77. The number of aromatic nitrogens is 3. The van der Waals surface area contributed by atoms with Crippen LogP contribution >= 0.6 is 11.8 Å². The molecule has 126 valence electrons. The van der Waals surface area contributed by atoms with E-state index >= 15 is 0 Å². The third-order valence-corrected chi connectivity index (χ3v) is 5.09. The molecule has 7 nitrogen and oxygen atoms in total. The van der Waals surface area contributed by atoms with E-state index in [-0.39, 0.29) is 24.1 Å². The second-order valence-electron chi connectivity index (χ2n) is 5.60. The van der Waals surface area contributed by atoms with Crippen molar-refractivity contribution >= 4 is 23.6 Å². The second kappa shape index (κ2) is 7.04. The molecular formula is C16H18N4O3S. The molecule has 2 aromatic rings. The first kappa shape index (κ1) is 16.5. The predicted molar refractivity (Wildman–Crippen MR) is 90.5 cm³/mol. The first-order valence-electron chi connectivity index (χ1n) is 7.66. The molecule has 0 spiro atoms. The third-order valence-electron chi connectivity index (χ3n) is 4.00. The van der Waals surface area contributed by atoms with Crippen molar-refractivity contribution in [1.29, 1.82) is 0 Å². The number of thioether (sulfide) groups is 1. The first-order chi connectivity index (χ1) is 11.6. The highest BCUT2D eigenvalue weighted by Gasteiger charge is 2.32. The van der Waals surface area contributed by atoms with Gasteiger partial charge in [-0.25, -0.2) is 4.68 Å². The Kier molecular flexibility index (Phi) is 4.84. The Morgan fingerprint density at radius 3 is 2.79 bits per heavy atom. The molecule has 24 heavy (non-hydrogen) atoms. The number of aliphatic carboxylic acids is 1. The Morgan fingerprint density at radius 1 is 1.33 bits per heavy atom. The molecule has 1 aliphatic heterocycles. The number of benzene rings is 1. The van der Waals surface area contributed by atoms with E-state index in [1.807, 2.05) is 30.3 Å². The van der Waals surface area contributed by atoms with Crippen LogP contribution in [-0.2, 0) is 4.79 Å². The number of rotatable bonds is 4. The fraction of sp³-hybridized carbons (Fsp3) is 0.375. The van der Waals surface area contributed by atoms with Gasteiger partial charge in [0, 0.05) is 18.1 Å². The summed E-state index contributed by atoms with van der Waals surface area (Å²) >= 11 is 1.67. The molecule has 1 aromatic carbocycles. The highest BCUT2D eigenvalue weighted by atomic mass is 32.2. The normalized spacial score (nSPS) is 17.7. The minimum atomic E-state index is -0.898. The average molecular weight is 346 g/mol. The molecule has 0 aliphatic carbocycles. The van der Waals surface area contributed by atoms with Gasteiger partial charge in [-0.3, -0.25) is 9.59 Å². The van der Waals surface area contributed by atoms with Crippen molar-refractivity contribution in [3.05, 3.63) is 41.7 Å². The van der Waals surface area contributed by atoms with Gasteiger partial charge in [0.15, 0.2) is 5.69 Å². The van der Waals surface area contributed by atoms with Gasteiger partial charge in [0.05, 0.1) is 23.8 Å². The quantitative estimate of drug-likeness (QED) is 0.905. The van der Waals surface area contributed by atoms with Crippen molar-refractivity contribution in [3.63, 3.8) is 0 Å². The number of carbonyl (C=O) groups excluding carboxylic acids is 1. The van der Waals surface area contributed by atoms with Crippen LogP contribution in [-0.4, -0.2) is 61.0 Å². The zero-order chi connectivity index (χ0) is 17.1. The number of amides is 1. The molecule has 1 unspecified atom stereocenters. The monoisotopic (exact) mass is 346 g/mol. The fourth-order valence-corrected chi connectivity index (χ4v) is 3.83. The average Bonchev–Trinajstić information content (AvgIpc) is 2.96. The van der Waals surface area contributed by atoms with Crippen molar-refractivity contribution in [2.75, 3.05) is 18.1 Å². The number of carboxylic acids is 1. The molecule has 0 bridgehead atoms. The van der Waals surface area contributed by atoms with Gasteiger partial charge in [0.25, 0.3) is 5.91 Å². The van der Waals surface area contributed by atoms with E-state index in [1.165, 1.54) is 0 Å². The van der Waals surface area contributed by atoms with E-state index in [4.69, 9.17) is 5.11 Å². The molecule has 1 amide bonds. The van der Waals surface area contributed by atoms with Crippen molar-refractivity contribution in [3.8, 4) is 5.69 Å². The minimum Gasteiger partial charge on any atom is -0.481 e. The Balaban J connectivity index is 1.87. The SMILES string of the molecule is Cc1c(C(=O)N2CCSCC2CC(=O)O)nnn1-c1ccccc1. The van der Waals surface area contributed by atoms with Crippen LogP contribution in [0.15, 0.2) is 30.3 Å². The number of carboxylic acid groups (broad SMARTS) is 1. The molecule has 1 aliphatic rings. The first-order valence-corrected chi connectivity index (χ1v) is 8.81. The van der Waals surface area contributed by atoms with Crippen molar-refractivity contribution in [2.45, 2.75) is 19.4 Å². The molecule has 1 aromatic heterocycles. The van der Waals surface area contributed by atoms with Gasteiger partial charge in [0.1, 0.15) is 0 Å². The van der Waals surface area contributed by atoms with E-state index in [1.54, 1.807) is 28.3 Å². The van der Waals surface area contributed by atoms with Gasteiger partial charge < -0.3 is 10.0 Å². The molecular weight excluding hydrogens is 328 g/mol. The summed E-state index contributed by atoms with van der Waals surface area (Å²) < 4.78 is 1.62. The molecule has 1 fully saturated rings.